The van der Waals surface area contributed by atoms with Crippen molar-refractivity contribution in [3.8, 4) is 0 Å². The van der Waals surface area contributed by atoms with Crippen LogP contribution >= 0.6 is 12.2 Å². The molecule has 118 valence electrons. The minimum Gasteiger partial charge on any atom is -0.394 e. The lowest BCUT2D eigenvalue weighted by atomic mass is 9.93. The summed E-state index contributed by atoms with van der Waals surface area (Å²) >= 11 is 4.78. The molecule has 0 bridgehead atoms. The van der Waals surface area contributed by atoms with Crippen molar-refractivity contribution >= 4 is 18.0 Å². The third-order valence-electron chi connectivity index (χ3n) is 3.22. The summed E-state index contributed by atoms with van der Waals surface area (Å²) in [6.07, 6.45) is -10.3. The summed E-state index contributed by atoms with van der Waals surface area (Å²) in [5.41, 5.74) is 1.71. The van der Waals surface area contributed by atoms with Crippen LogP contribution in [0.15, 0.2) is 12.3 Å². The molecule has 0 aliphatic carbocycles. The molecule has 11 heteroatoms. The highest BCUT2D eigenvalue weighted by Gasteiger charge is 2.70. The largest absolute Gasteiger partial charge is 0.424 e. The molecule has 7 nitrogen and oxygen atoms in total. The molecule has 1 saturated heterocycles. The Morgan fingerprint density at radius 3 is 2.62 bits per heavy atom. The van der Waals surface area contributed by atoms with Gasteiger partial charge in [0.15, 0.2) is 6.23 Å². The van der Waals surface area contributed by atoms with Crippen molar-refractivity contribution in [2.24, 2.45) is 0 Å². The second kappa shape index (κ2) is 5.18. The Kier molecular flexibility index (Phi) is 3.97. The Hall–Kier alpha value is -1.27. The van der Waals surface area contributed by atoms with E-state index >= 15 is 0 Å². The van der Waals surface area contributed by atoms with Crippen LogP contribution in [0.25, 0.3) is 0 Å². The van der Waals surface area contributed by atoms with Gasteiger partial charge in [0, 0.05) is 6.20 Å². The minimum absolute atomic E-state index is 0.0240. The van der Waals surface area contributed by atoms with Crippen LogP contribution in [0.2, 0.25) is 0 Å². The van der Waals surface area contributed by atoms with E-state index in [0.717, 1.165) is 16.8 Å². The fourth-order valence-corrected chi connectivity index (χ4v) is 2.37. The van der Waals surface area contributed by atoms with Gasteiger partial charge in [0.1, 0.15) is 18.0 Å². The molecule has 21 heavy (non-hydrogen) atoms. The second-order valence-corrected chi connectivity index (χ2v) is 4.88. The average molecular weight is 327 g/mol. The summed E-state index contributed by atoms with van der Waals surface area (Å²) in [5, 5.41) is 28.6. The highest BCUT2D eigenvalue weighted by atomic mass is 32.1. The molecule has 2 rings (SSSR count). The van der Waals surface area contributed by atoms with E-state index in [0.29, 0.717) is 0 Å². The predicted molar refractivity (Wildman–Crippen MR) is 65.5 cm³/mol. The molecule has 0 amide bonds. The molecule has 0 radical (unpaired) electrons. The number of rotatable bonds is 2. The molecule has 0 saturated carbocycles. The van der Waals surface area contributed by atoms with Gasteiger partial charge < -0.3 is 25.8 Å². The number of ether oxygens (including phenoxy) is 1. The molecule has 1 aromatic heterocycles. The summed E-state index contributed by atoms with van der Waals surface area (Å²) in [6, 6.07) is 1.16. The molecular weight excluding hydrogens is 315 g/mol. The van der Waals surface area contributed by atoms with Crippen molar-refractivity contribution in [2.75, 3.05) is 12.3 Å². The zero-order valence-corrected chi connectivity index (χ0v) is 11.2. The Labute approximate surface area is 121 Å². The molecule has 1 aromatic rings. The fourth-order valence-electron chi connectivity index (χ4n) is 2.11. The number of anilines is 1. The summed E-state index contributed by atoms with van der Waals surface area (Å²) < 4.78 is 44.8. The van der Waals surface area contributed by atoms with Gasteiger partial charge in [0.2, 0.25) is 10.4 Å². The summed E-state index contributed by atoms with van der Waals surface area (Å²) in [4.78, 5) is 3.59. The Balaban J connectivity index is 2.57. The lowest BCUT2D eigenvalue weighted by molar-refractivity contribution is -0.304. The molecule has 0 aromatic carbocycles. The standard InChI is InChI=1S/C10H12F3N3O4S/c11-10(12,13)9(19)6(18)4(3-17)20-7(9)16-2-1-5(14)15-8(16)21/h1-2,4,6-7,17-19H,3H2,(H2,14,15,21)/t4-,6?,7-,9-/m1/s1. The van der Waals surface area contributed by atoms with E-state index in [1.807, 2.05) is 0 Å². The Bertz CT molecular complexity index is 596. The number of aromatic nitrogens is 2. The van der Waals surface area contributed by atoms with Crippen LogP contribution in [-0.2, 0) is 4.74 Å². The maximum Gasteiger partial charge on any atom is 0.424 e. The van der Waals surface area contributed by atoms with Crippen molar-refractivity contribution in [3.63, 3.8) is 0 Å². The number of aliphatic hydroxyl groups excluding tert-OH is 2. The van der Waals surface area contributed by atoms with E-state index in [1.54, 1.807) is 0 Å². The van der Waals surface area contributed by atoms with Crippen LogP contribution < -0.4 is 5.73 Å². The third kappa shape index (κ3) is 2.40. The number of alkyl halides is 3. The van der Waals surface area contributed by atoms with Crippen molar-refractivity contribution in [1.82, 2.24) is 9.55 Å². The third-order valence-corrected chi connectivity index (χ3v) is 3.52. The molecular formula is C10H12F3N3O4S. The number of hydrogen-bond acceptors (Lipinski definition) is 7. The van der Waals surface area contributed by atoms with Gasteiger partial charge in [0.05, 0.1) is 6.61 Å². The highest BCUT2D eigenvalue weighted by Crippen LogP contribution is 2.48. The van der Waals surface area contributed by atoms with Crippen molar-refractivity contribution < 1.29 is 33.2 Å². The summed E-state index contributed by atoms with van der Waals surface area (Å²) in [5.74, 6) is -0.0240. The molecule has 4 atom stereocenters. The van der Waals surface area contributed by atoms with Crippen molar-refractivity contribution in [3.05, 3.63) is 17.0 Å². The zero-order valence-electron chi connectivity index (χ0n) is 10.4. The topological polar surface area (TPSA) is 114 Å². The normalized spacial score (nSPS) is 33.3. The van der Waals surface area contributed by atoms with E-state index in [-0.39, 0.29) is 10.6 Å². The van der Waals surface area contributed by atoms with E-state index in [1.165, 1.54) is 0 Å². The number of hydrogen-bond donors (Lipinski definition) is 4. The van der Waals surface area contributed by atoms with E-state index in [9.17, 15) is 23.4 Å². The summed E-state index contributed by atoms with van der Waals surface area (Å²) in [7, 11) is 0. The molecule has 1 fully saturated rings. The van der Waals surface area contributed by atoms with Crippen LogP contribution in [0, 0.1) is 4.77 Å². The Morgan fingerprint density at radius 1 is 1.52 bits per heavy atom. The summed E-state index contributed by atoms with van der Waals surface area (Å²) in [6.45, 7) is -0.911. The molecule has 1 aliphatic rings. The first-order valence-electron chi connectivity index (χ1n) is 5.71. The number of nitrogens with zero attached hydrogens (tertiary/aromatic N) is 2. The van der Waals surface area contributed by atoms with Crippen LogP contribution in [0.1, 0.15) is 6.23 Å². The van der Waals surface area contributed by atoms with Gasteiger partial charge in [-0.1, -0.05) is 0 Å². The number of halogens is 3. The fraction of sp³-hybridized carbons (Fsp3) is 0.600. The van der Waals surface area contributed by atoms with Gasteiger partial charge in [-0.2, -0.15) is 13.2 Å². The number of nitrogen functional groups attached to an aromatic ring is 1. The highest BCUT2D eigenvalue weighted by molar-refractivity contribution is 7.71. The van der Waals surface area contributed by atoms with Crippen LogP contribution in [0.5, 0.6) is 0 Å². The minimum atomic E-state index is -5.23. The zero-order chi connectivity index (χ0) is 16.0. The molecule has 2 heterocycles. The maximum absolute atomic E-state index is 13.2. The lowest BCUT2D eigenvalue weighted by Crippen LogP contribution is -2.57. The quantitative estimate of drug-likeness (QED) is 0.553. The van der Waals surface area contributed by atoms with E-state index in [4.69, 9.17) is 27.8 Å². The van der Waals surface area contributed by atoms with Crippen LogP contribution in [-0.4, -0.2) is 55.5 Å². The first-order chi connectivity index (χ1) is 9.62. The van der Waals surface area contributed by atoms with Crippen LogP contribution in [0.4, 0.5) is 19.0 Å². The van der Waals surface area contributed by atoms with Crippen LogP contribution in [0.3, 0.4) is 0 Å². The van der Waals surface area contributed by atoms with Crippen molar-refractivity contribution in [2.45, 2.75) is 30.2 Å². The van der Waals surface area contributed by atoms with Gasteiger partial charge in [-0.15, -0.1) is 0 Å². The monoisotopic (exact) mass is 327 g/mol. The van der Waals surface area contributed by atoms with E-state index < -0.39 is 36.8 Å². The number of aliphatic hydroxyl groups is 3. The predicted octanol–water partition coefficient (Wildman–Crippen LogP) is -0.261. The molecule has 0 spiro atoms. The Morgan fingerprint density at radius 2 is 2.14 bits per heavy atom. The smallest absolute Gasteiger partial charge is 0.394 e. The first-order valence-corrected chi connectivity index (χ1v) is 6.12. The van der Waals surface area contributed by atoms with E-state index in [2.05, 4.69) is 4.98 Å². The lowest BCUT2D eigenvalue weighted by Gasteiger charge is -2.33. The molecule has 1 unspecified atom stereocenters. The molecule has 5 N–H and O–H groups in total. The van der Waals surface area contributed by atoms with Gasteiger partial charge in [-0.05, 0) is 18.3 Å². The maximum atomic E-state index is 13.2. The van der Waals surface area contributed by atoms with Crippen molar-refractivity contribution in [1.29, 1.82) is 0 Å². The average Bonchev–Trinajstić information content (AvgIpc) is 2.63. The first kappa shape index (κ1) is 16.1. The van der Waals surface area contributed by atoms with Gasteiger partial charge in [-0.3, -0.25) is 4.57 Å². The second-order valence-electron chi connectivity index (χ2n) is 4.52. The SMILES string of the molecule is Nc1ccn([C@@H]2O[C@H](CO)C(O)[C@]2(O)C(F)(F)F)c(=S)n1. The molecule has 1 aliphatic heterocycles. The van der Waals surface area contributed by atoms with Gasteiger partial charge in [0.25, 0.3) is 0 Å². The number of nitrogens with two attached hydrogens (primary N) is 1. The van der Waals surface area contributed by atoms with Gasteiger partial charge in [-0.25, -0.2) is 4.98 Å². The van der Waals surface area contributed by atoms with Gasteiger partial charge >= 0.3 is 6.18 Å².